The largest absolute Gasteiger partial charge is 0.450 e. The van der Waals surface area contributed by atoms with Crippen molar-refractivity contribution in [3.8, 4) is 0 Å². The summed E-state index contributed by atoms with van der Waals surface area (Å²) in [7, 11) is -2.25. The molecule has 0 atom stereocenters. The van der Waals surface area contributed by atoms with Crippen LogP contribution in [0, 0.1) is 0 Å². The molecule has 0 unspecified atom stereocenters. The van der Waals surface area contributed by atoms with Gasteiger partial charge in [-0.2, -0.15) is 4.31 Å². The lowest BCUT2D eigenvalue weighted by atomic mass is 10.3. The lowest BCUT2D eigenvalue weighted by Crippen LogP contribution is -2.52. The van der Waals surface area contributed by atoms with Crippen LogP contribution in [0.2, 0.25) is 0 Å². The lowest BCUT2D eigenvalue weighted by molar-refractivity contribution is -0.132. The van der Waals surface area contributed by atoms with E-state index in [-0.39, 0.29) is 22.8 Å². The van der Waals surface area contributed by atoms with E-state index < -0.39 is 10.0 Å². The molecule has 10 heteroatoms. The second-order valence-corrected chi connectivity index (χ2v) is 8.48. The van der Waals surface area contributed by atoms with Gasteiger partial charge in [-0.15, -0.1) is 11.3 Å². The molecule has 0 aromatic carbocycles. The fourth-order valence-corrected chi connectivity index (χ4v) is 4.61. The Kier molecular flexibility index (Phi) is 6.19. The number of amides is 2. The summed E-state index contributed by atoms with van der Waals surface area (Å²) in [5, 5.41) is 1.68. The van der Waals surface area contributed by atoms with Crippen LogP contribution in [0.15, 0.2) is 21.7 Å². The third-order valence-corrected chi connectivity index (χ3v) is 6.85. The van der Waals surface area contributed by atoms with E-state index >= 15 is 0 Å². The molecule has 0 bridgehead atoms. The smallest absolute Gasteiger partial charge is 0.409 e. The van der Waals surface area contributed by atoms with Crippen molar-refractivity contribution in [2.24, 2.45) is 0 Å². The van der Waals surface area contributed by atoms with Crippen molar-refractivity contribution in [3.63, 3.8) is 0 Å². The van der Waals surface area contributed by atoms with E-state index in [1.54, 1.807) is 28.2 Å². The molecule has 0 aliphatic carbocycles. The fraction of sp³-hybridized carbons (Fsp3) is 0.571. The molecule has 0 N–H and O–H groups in total. The Morgan fingerprint density at radius 2 is 1.88 bits per heavy atom. The SMILES string of the molecule is CCOC(=O)N1CCN(C(=O)CN(C)S(=O)(=O)c2cccs2)CC1. The molecular weight excluding hydrogens is 354 g/mol. The number of carbonyl (C=O) groups is 2. The quantitative estimate of drug-likeness (QED) is 0.755. The van der Waals surface area contributed by atoms with Crippen molar-refractivity contribution in [2.75, 3.05) is 46.4 Å². The van der Waals surface area contributed by atoms with Crippen LogP contribution < -0.4 is 0 Å². The number of likely N-dealkylation sites (N-methyl/N-ethyl adjacent to an activating group) is 1. The van der Waals surface area contributed by atoms with Crippen molar-refractivity contribution >= 4 is 33.4 Å². The van der Waals surface area contributed by atoms with E-state index in [1.165, 1.54) is 13.1 Å². The molecular formula is C14H21N3O5S2. The van der Waals surface area contributed by atoms with Gasteiger partial charge >= 0.3 is 6.09 Å². The summed E-state index contributed by atoms with van der Waals surface area (Å²) in [5.41, 5.74) is 0. The number of piperazine rings is 1. The molecule has 2 amide bonds. The summed E-state index contributed by atoms with van der Waals surface area (Å²) in [6.07, 6.45) is -0.387. The van der Waals surface area contributed by atoms with E-state index in [0.717, 1.165) is 15.6 Å². The van der Waals surface area contributed by atoms with E-state index in [2.05, 4.69) is 0 Å². The minimum absolute atomic E-state index is 0.213. The first-order valence-corrected chi connectivity index (χ1v) is 9.87. The molecule has 1 aliphatic rings. The predicted octanol–water partition coefficient (Wildman–Crippen LogP) is 0.669. The molecule has 1 aromatic rings. The van der Waals surface area contributed by atoms with Gasteiger partial charge in [-0.25, -0.2) is 13.2 Å². The number of hydrogen-bond acceptors (Lipinski definition) is 6. The van der Waals surface area contributed by atoms with Crippen LogP contribution in [-0.4, -0.2) is 80.9 Å². The van der Waals surface area contributed by atoms with Crippen LogP contribution in [0.1, 0.15) is 6.92 Å². The van der Waals surface area contributed by atoms with Crippen molar-refractivity contribution < 1.29 is 22.7 Å². The number of sulfonamides is 1. The molecule has 2 heterocycles. The normalized spacial score (nSPS) is 15.6. The van der Waals surface area contributed by atoms with E-state index in [1.807, 2.05) is 0 Å². The highest BCUT2D eigenvalue weighted by Crippen LogP contribution is 2.19. The number of ether oxygens (including phenoxy) is 1. The van der Waals surface area contributed by atoms with Gasteiger partial charge < -0.3 is 14.5 Å². The third kappa shape index (κ3) is 4.25. The maximum atomic E-state index is 12.3. The highest BCUT2D eigenvalue weighted by atomic mass is 32.2. The average Bonchev–Trinajstić information content (AvgIpc) is 3.10. The summed E-state index contributed by atoms with van der Waals surface area (Å²) in [6.45, 7) is 3.32. The molecule has 1 aromatic heterocycles. The maximum absolute atomic E-state index is 12.3. The lowest BCUT2D eigenvalue weighted by Gasteiger charge is -2.34. The topological polar surface area (TPSA) is 87.2 Å². The molecule has 134 valence electrons. The molecule has 1 fully saturated rings. The van der Waals surface area contributed by atoms with E-state index in [0.29, 0.717) is 32.8 Å². The minimum Gasteiger partial charge on any atom is -0.450 e. The standard InChI is InChI=1S/C14H21N3O5S2/c1-3-22-14(19)17-8-6-16(7-9-17)12(18)11-15(2)24(20,21)13-5-4-10-23-13/h4-5,10H,3,6-9,11H2,1-2H3. The monoisotopic (exact) mass is 375 g/mol. The molecule has 1 aliphatic heterocycles. The molecule has 24 heavy (non-hydrogen) atoms. The van der Waals surface area contributed by atoms with Gasteiger partial charge in [0.2, 0.25) is 5.91 Å². The summed E-state index contributed by atoms with van der Waals surface area (Å²) in [6, 6.07) is 3.17. The van der Waals surface area contributed by atoms with Gasteiger partial charge in [0.25, 0.3) is 10.0 Å². The zero-order chi connectivity index (χ0) is 17.7. The first-order chi connectivity index (χ1) is 11.4. The zero-order valence-corrected chi connectivity index (χ0v) is 15.3. The highest BCUT2D eigenvalue weighted by Gasteiger charge is 2.29. The van der Waals surface area contributed by atoms with Crippen LogP contribution >= 0.6 is 11.3 Å². The average molecular weight is 375 g/mol. The third-order valence-electron chi connectivity index (χ3n) is 3.68. The summed E-state index contributed by atoms with van der Waals surface area (Å²) in [4.78, 5) is 27.1. The van der Waals surface area contributed by atoms with Crippen LogP contribution in [0.3, 0.4) is 0 Å². The predicted molar refractivity (Wildman–Crippen MR) is 89.3 cm³/mol. The van der Waals surface area contributed by atoms with Gasteiger partial charge in [-0.3, -0.25) is 4.79 Å². The molecule has 0 spiro atoms. The van der Waals surface area contributed by atoms with E-state index in [4.69, 9.17) is 4.74 Å². The minimum atomic E-state index is -3.64. The number of hydrogen-bond donors (Lipinski definition) is 0. The molecule has 1 saturated heterocycles. The number of nitrogens with zero attached hydrogens (tertiary/aromatic N) is 3. The van der Waals surface area contributed by atoms with Crippen LogP contribution in [0.4, 0.5) is 4.79 Å². The molecule has 0 radical (unpaired) electrons. The van der Waals surface area contributed by atoms with Gasteiger partial charge in [-0.1, -0.05) is 6.07 Å². The first kappa shape index (κ1) is 18.7. The summed E-state index contributed by atoms with van der Waals surface area (Å²) < 4.78 is 30.8. The van der Waals surface area contributed by atoms with Crippen molar-refractivity contribution in [3.05, 3.63) is 17.5 Å². The van der Waals surface area contributed by atoms with Gasteiger partial charge in [0.05, 0.1) is 13.2 Å². The Labute approximate surface area is 145 Å². The van der Waals surface area contributed by atoms with Crippen LogP contribution in [0.25, 0.3) is 0 Å². The molecule has 0 saturated carbocycles. The number of thiophene rings is 1. The second kappa shape index (κ2) is 7.95. The Morgan fingerprint density at radius 3 is 2.42 bits per heavy atom. The number of carbonyl (C=O) groups excluding carboxylic acids is 2. The summed E-state index contributed by atoms with van der Waals surface area (Å²) >= 11 is 1.12. The number of rotatable bonds is 5. The van der Waals surface area contributed by atoms with Crippen molar-refractivity contribution in [1.29, 1.82) is 0 Å². The Hall–Kier alpha value is -1.65. The van der Waals surface area contributed by atoms with Gasteiger partial charge in [0.15, 0.2) is 0 Å². The highest BCUT2D eigenvalue weighted by molar-refractivity contribution is 7.91. The Bertz CT molecular complexity index is 667. The fourth-order valence-electron chi connectivity index (χ4n) is 2.29. The molecule has 8 nitrogen and oxygen atoms in total. The molecule has 2 rings (SSSR count). The van der Waals surface area contributed by atoms with Gasteiger partial charge in [-0.05, 0) is 18.4 Å². The van der Waals surface area contributed by atoms with Crippen molar-refractivity contribution in [1.82, 2.24) is 14.1 Å². The van der Waals surface area contributed by atoms with Gasteiger partial charge in [0, 0.05) is 33.2 Å². The van der Waals surface area contributed by atoms with Crippen LogP contribution in [0.5, 0.6) is 0 Å². The first-order valence-electron chi connectivity index (χ1n) is 7.55. The maximum Gasteiger partial charge on any atom is 0.409 e. The van der Waals surface area contributed by atoms with Gasteiger partial charge in [0.1, 0.15) is 4.21 Å². The zero-order valence-electron chi connectivity index (χ0n) is 13.7. The van der Waals surface area contributed by atoms with E-state index in [9.17, 15) is 18.0 Å². The Morgan fingerprint density at radius 1 is 1.25 bits per heavy atom. The van der Waals surface area contributed by atoms with Crippen molar-refractivity contribution in [2.45, 2.75) is 11.1 Å². The second-order valence-electron chi connectivity index (χ2n) is 5.26. The Balaban J connectivity index is 1.89. The summed E-state index contributed by atoms with van der Waals surface area (Å²) in [5.74, 6) is -0.277. The van der Waals surface area contributed by atoms with Crippen LogP contribution in [-0.2, 0) is 19.6 Å².